The molecule has 5 fully saturated rings. The first-order valence-electron chi connectivity index (χ1n) is 11.0. The first-order valence-corrected chi connectivity index (χ1v) is 11.0. The minimum absolute atomic E-state index is 0.120. The highest BCUT2D eigenvalue weighted by Crippen LogP contribution is 2.55. The summed E-state index contributed by atoms with van der Waals surface area (Å²) in [6.07, 6.45) is 1.38. The molecule has 9 heteroatoms. The lowest BCUT2D eigenvalue weighted by molar-refractivity contribution is -0.145. The highest BCUT2D eigenvalue weighted by Gasteiger charge is 2.55. The summed E-state index contributed by atoms with van der Waals surface area (Å²) in [5, 5.41) is 27.2. The second kappa shape index (κ2) is 6.95. The molecule has 0 aromatic carbocycles. The topological polar surface area (TPSA) is 87.4 Å². The predicted octanol–water partition coefficient (Wildman–Crippen LogP) is 3.05. The summed E-state index contributed by atoms with van der Waals surface area (Å²) in [5.41, 5.74) is -2.09. The number of carbonyl (C=O) groups is 1. The molecule has 5 saturated carbocycles. The number of carbonyl (C=O) groups excluding carboxylic acids is 1. The van der Waals surface area contributed by atoms with E-state index in [-0.39, 0.29) is 17.9 Å². The molecule has 2 unspecified atom stereocenters. The number of halogens is 3. The summed E-state index contributed by atoms with van der Waals surface area (Å²) < 4.78 is 42.7. The van der Waals surface area contributed by atoms with Crippen LogP contribution >= 0.6 is 0 Å². The van der Waals surface area contributed by atoms with Crippen molar-refractivity contribution in [2.24, 2.45) is 17.8 Å². The molecule has 5 aliphatic rings. The van der Waals surface area contributed by atoms with Crippen molar-refractivity contribution in [2.45, 2.75) is 87.8 Å². The smallest absolute Gasteiger partial charge is 0.393 e. The van der Waals surface area contributed by atoms with E-state index in [1.54, 1.807) is 0 Å². The third-order valence-electron chi connectivity index (χ3n) is 7.86. The molecule has 30 heavy (non-hydrogen) atoms. The van der Waals surface area contributed by atoms with Gasteiger partial charge in [-0.25, -0.2) is 0 Å². The van der Waals surface area contributed by atoms with Crippen molar-refractivity contribution < 1.29 is 28.2 Å². The largest absolute Gasteiger partial charge is 0.433 e. The molecule has 6 rings (SSSR count). The molecule has 0 aliphatic heterocycles. The van der Waals surface area contributed by atoms with E-state index >= 15 is 0 Å². The summed E-state index contributed by atoms with van der Waals surface area (Å²) >= 11 is 0. The summed E-state index contributed by atoms with van der Waals surface area (Å²) in [5.74, 6) is -0.0338. The molecule has 5 aliphatic carbocycles. The highest BCUT2D eigenvalue weighted by molar-refractivity contribution is 5.95. The molecule has 4 bridgehead atoms. The van der Waals surface area contributed by atoms with Gasteiger partial charge >= 0.3 is 6.18 Å². The van der Waals surface area contributed by atoms with Crippen LogP contribution in [0.25, 0.3) is 0 Å². The number of amides is 1. The van der Waals surface area contributed by atoms with Gasteiger partial charge in [-0.2, -0.15) is 18.3 Å². The molecular weight excluding hydrogens is 399 g/mol. The number of nitrogens with one attached hydrogen (secondary N) is 1. The van der Waals surface area contributed by atoms with Gasteiger partial charge < -0.3 is 15.5 Å². The number of aliphatic hydroxyl groups is 2. The Morgan fingerprint density at radius 3 is 2.33 bits per heavy atom. The van der Waals surface area contributed by atoms with E-state index in [0.29, 0.717) is 44.4 Å². The summed E-state index contributed by atoms with van der Waals surface area (Å²) in [7, 11) is 0. The number of hydrogen-bond acceptors (Lipinski definition) is 4. The third-order valence-corrected chi connectivity index (χ3v) is 7.86. The van der Waals surface area contributed by atoms with Gasteiger partial charge in [0.25, 0.3) is 5.91 Å². The zero-order valence-corrected chi connectivity index (χ0v) is 16.7. The van der Waals surface area contributed by atoms with E-state index < -0.39 is 41.1 Å². The maximum atomic E-state index is 13.9. The lowest BCUT2D eigenvalue weighted by Crippen LogP contribution is -2.61. The minimum Gasteiger partial charge on any atom is -0.393 e. The van der Waals surface area contributed by atoms with Gasteiger partial charge in [-0.1, -0.05) is 0 Å². The molecular formula is C21H28F3N3O3. The molecule has 0 radical (unpaired) electrons. The molecule has 2 atom stereocenters. The van der Waals surface area contributed by atoms with E-state index in [4.69, 9.17) is 0 Å². The maximum absolute atomic E-state index is 13.9. The number of rotatable bonds is 3. The summed E-state index contributed by atoms with van der Waals surface area (Å²) in [6.45, 7) is 0. The van der Waals surface area contributed by atoms with Gasteiger partial charge in [0.15, 0.2) is 5.69 Å². The number of alkyl halides is 3. The fraction of sp³-hybridized carbons (Fsp3) is 0.810. The first kappa shape index (κ1) is 20.3. The number of nitrogens with zero attached hydrogens (tertiary/aromatic N) is 2. The Morgan fingerprint density at radius 2 is 1.77 bits per heavy atom. The van der Waals surface area contributed by atoms with Crippen molar-refractivity contribution in [1.29, 1.82) is 0 Å². The van der Waals surface area contributed by atoms with E-state index in [9.17, 15) is 28.2 Å². The van der Waals surface area contributed by atoms with Gasteiger partial charge in [0.05, 0.1) is 29.5 Å². The Labute approximate surface area is 172 Å². The van der Waals surface area contributed by atoms with Crippen LogP contribution in [0.2, 0.25) is 0 Å². The van der Waals surface area contributed by atoms with E-state index in [1.165, 1.54) is 0 Å². The van der Waals surface area contributed by atoms with Crippen LogP contribution in [0.15, 0.2) is 6.20 Å². The standard InChI is InChI=1S/C21H28F3N3O3/c22-21(23,24)18-16(10-25-27(18)14-1-3-15(28)4-2-14)19(29)26-17-12-5-11-6-13(17)9-20(30,7-11)8-12/h10-15,17,28,30H,1-9H2,(H,26,29)/t11?,12?,13?,14-,15-,17-,20-. The first-order chi connectivity index (χ1) is 14.1. The zero-order chi connectivity index (χ0) is 21.3. The lowest BCUT2D eigenvalue weighted by Gasteiger charge is -2.58. The maximum Gasteiger partial charge on any atom is 0.433 e. The average molecular weight is 427 g/mol. The van der Waals surface area contributed by atoms with Gasteiger partial charge in [0.2, 0.25) is 0 Å². The molecule has 1 aromatic rings. The normalized spacial score (nSPS) is 40.6. The fourth-order valence-corrected chi connectivity index (χ4v) is 6.84. The van der Waals surface area contributed by atoms with Crippen LogP contribution in [0.4, 0.5) is 13.2 Å². The monoisotopic (exact) mass is 427 g/mol. The Hall–Kier alpha value is -1.61. The van der Waals surface area contributed by atoms with Crippen molar-refractivity contribution in [3.63, 3.8) is 0 Å². The molecule has 1 amide bonds. The van der Waals surface area contributed by atoms with Gasteiger partial charge in [-0.05, 0) is 75.5 Å². The molecule has 3 N–H and O–H groups in total. The van der Waals surface area contributed by atoms with Crippen molar-refractivity contribution in [1.82, 2.24) is 15.1 Å². The Kier molecular flexibility index (Phi) is 4.70. The van der Waals surface area contributed by atoms with Crippen LogP contribution in [0.3, 0.4) is 0 Å². The Bertz CT molecular complexity index is 815. The fourth-order valence-electron chi connectivity index (χ4n) is 6.84. The van der Waals surface area contributed by atoms with Crippen LogP contribution in [0.5, 0.6) is 0 Å². The second-order valence-electron chi connectivity index (χ2n) is 10.0. The van der Waals surface area contributed by atoms with Crippen LogP contribution in [-0.4, -0.2) is 43.6 Å². The average Bonchev–Trinajstić information content (AvgIpc) is 3.09. The number of aromatic nitrogens is 2. The highest BCUT2D eigenvalue weighted by atomic mass is 19.4. The molecule has 1 heterocycles. The van der Waals surface area contributed by atoms with Crippen LogP contribution in [0.1, 0.15) is 79.9 Å². The van der Waals surface area contributed by atoms with Crippen LogP contribution in [0, 0.1) is 17.8 Å². The van der Waals surface area contributed by atoms with E-state index in [1.807, 2.05) is 0 Å². The van der Waals surface area contributed by atoms with Gasteiger partial charge in [0, 0.05) is 6.04 Å². The number of hydrogen-bond donors (Lipinski definition) is 3. The van der Waals surface area contributed by atoms with Gasteiger partial charge in [-0.3, -0.25) is 9.48 Å². The van der Waals surface area contributed by atoms with E-state index in [2.05, 4.69) is 10.4 Å². The van der Waals surface area contributed by atoms with Crippen LogP contribution in [-0.2, 0) is 6.18 Å². The van der Waals surface area contributed by atoms with Crippen LogP contribution < -0.4 is 5.32 Å². The van der Waals surface area contributed by atoms with Crippen molar-refractivity contribution in [3.8, 4) is 0 Å². The molecule has 166 valence electrons. The Morgan fingerprint density at radius 1 is 1.13 bits per heavy atom. The zero-order valence-electron chi connectivity index (χ0n) is 16.7. The Balaban J connectivity index is 1.38. The van der Waals surface area contributed by atoms with Crippen molar-refractivity contribution >= 4 is 5.91 Å². The molecule has 0 saturated heterocycles. The number of aliphatic hydroxyl groups excluding tert-OH is 1. The SMILES string of the molecule is O=C(N[C@H]1C2CC3CC1C[C@](O)(C3)C2)c1cnn([C@H]2CC[C@H](O)CC2)c1C(F)(F)F. The van der Waals surface area contributed by atoms with Crippen molar-refractivity contribution in [3.05, 3.63) is 17.5 Å². The third kappa shape index (κ3) is 3.43. The van der Waals surface area contributed by atoms with Crippen molar-refractivity contribution in [2.75, 3.05) is 0 Å². The van der Waals surface area contributed by atoms with Gasteiger partial charge in [-0.15, -0.1) is 0 Å². The molecule has 1 aromatic heterocycles. The quantitative estimate of drug-likeness (QED) is 0.692. The lowest BCUT2D eigenvalue weighted by atomic mass is 9.52. The van der Waals surface area contributed by atoms with E-state index in [0.717, 1.165) is 30.1 Å². The summed E-state index contributed by atoms with van der Waals surface area (Å²) in [4.78, 5) is 13.0. The predicted molar refractivity (Wildman–Crippen MR) is 100 cm³/mol. The molecule has 0 spiro atoms. The van der Waals surface area contributed by atoms with Gasteiger partial charge in [0.1, 0.15) is 0 Å². The summed E-state index contributed by atoms with van der Waals surface area (Å²) in [6, 6.07) is -0.661. The minimum atomic E-state index is -4.70. The molecule has 6 nitrogen and oxygen atoms in total. The second-order valence-corrected chi connectivity index (χ2v) is 10.0.